The molecule has 0 radical (unpaired) electrons. The van der Waals surface area contributed by atoms with Crippen molar-refractivity contribution in [2.24, 2.45) is 0 Å². The van der Waals surface area contributed by atoms with Crippen molar-refractivity contribution < 1.29 is 22.7 Å². The van der Waals surface area contributed by atoms with Crippen LogP contribution in [0.1, 0.15) is 11.1 Å². The van der Waals surface area contributed by atoms with Gasteiger partial charge in [0.05, 0.1) is 24.6 Å². The third kappa shape index (κ3) is 5.25. The van der Waals surface area contributed by atoms with Crippen LogP contribution in [-0.4, -0.2) is 39.2 Å². The lowest BCUT2D eigenvalue weighted by Crippen LogP contribution is -2.30. The first-order valence-electron chi connectivity index (χ1n) is 11.0. The van der Waals surface area contributed by atoms with E-state index in [1.807, 2.05) is 25.1 Å². The summed E-state index contributed by atoms with van der Waals surface area (Å²) in [6.45, 7) is 2.28. The van der Waals surface area contributed by atoms with Crippen LogP contribution < -0.4 is 20.1 Å². The van der Waals surface area contributed by atoms with Crippen molar-refractivity contribution in [1.82, 2.24) is 9.29 Å². The Labute approximate surface area is 204 Å². The summed E-state index contributed by atoms with van der Waals surface area (Å²) in [4.78, 5) is 12.6. The molecule has 0 atom stereocenters. The number of aromatic nitrogens is 1. The Morgan fingerprint density at radius 1 is 0.914 bits per heavy atom. The van der Waals surface area contributed by atoms with E-state index in [0.29, 0.717) is 35.7 Å². The van der Waals surface area contributed by atoms with Crippen LogP contribution in [0.3, 0.4) is 0 Å². The molecule has 1 aromatic heterocycles. The molecule has 182 valence electrons. The van der Waals surface area contributed by atoms with Crippen LogP contribution in [0.4, 0.5) is 10.5 Å². The minimum Gasteiger partial charge on any atom is -0.493 e. The summed E-state index contributed by atoms with van der Waals surface area (Å²) in [6, 6.07) is 19.0. The van der Waals surface area contributed by atoms with Gasteiger partial charge in [0.15, 0.2) is 11.5 Å². The highest BCUT2D eigenvalue weighted by Gasteiger charge is 2.19. The Morgan fingerprint density at radius 3 is 2.37 bits per heavy atom. The third-order valence-corrected chi connectivity index (χ3v) is 7.34. The van der Waals surface area contributed by atoms with Crippen LogP contribution in [0, 0.1) is 6.92 Å². The van der Waals surface area contributed by atoms with Crippen molar-refractivity contribution in [2.45, 2.75) is 18.2 Å². The number of nitrogens with zero attached hydrogens (tertiary/aromatic N) is 1. The highest BCUT2D eigenvalue weighted by Crippen LogP contribution is 2.29. The number of aryl methyl sites for hydroxylation is 1. The molecule has 0 saturated heterocycles. The van der Waals surface area contributed by atoms with E-state index in [1.165, 1.54) is 11.1 Å². The molecular formula is C26H27N3O5S. The average Bonchev–Trinajstić information content (AvgIpc) is 3.28. The standard InChI is InChI=1S/C26H27N3O5S/c1-18-4-9-22(10-5-18)35(31,32)29-15-13-20-7-6-19(16-23(20)29)12-14-27-26(30)28-21-8-11-24(33-2)25(17-21)34-3/h4-11,13,15-17H,12,14H2,1-3H3,(H2,27,28,30). The molecule has 35 heavy (non-hydrogen) atoms. The number of carbonyl (C=O) groups excluding carboxylic acids is 1. The normalized spacial score (nSPS) is 11.3. The van der Waals surface area contributed by atoms with Gasteiger partial charge in [0, 0.05) is 29.9 Å². The summed E-state index contributed by atoms with van der Waals surface area (Å²) < 4.78 is 38.1. The van der Waals surface area contributed by atoms with Crippen molar-refractivity contribution >= 4 is 32.6 Å². The molecule has 0 spiro atoms. The van der Waals surface area contributed by atoms with Crippen molar-refractivity contribution in [3.05, 3.63) is 84.1 Å². The molecule has 0 bridgehead atoms. The molecule has 2 amide bonds. The molecule has 0 aliphatic rings. The molecule has 0 unspecified atom stereocenters. The summed E-state index contributed by atoms with van der Waals surface area (Å²) in [5, 5.41) is 6.40. The summed E-state index contributed by atoms with van der Waals surface area (Å²) in [5.41, 5.74) is 3.06. The minimum absolute atomic E-state index is 0.236. The van der Waals surface area contributed by atoms with E-state index < -0.39 is 10.0 Å². The van der Waals surface area contributed by atoms with Crippen molar-refractivity contribution in [3.63, 3.8) is 0 Å². The summed E-state index contributed by atoms with van der Waals surface area (Å²) in [5.74, 6) is 1.09. The van der Waals surface area contributed by atoms with E-state index in [-0.39, 0.29) is 10.9 Å². The van der Waals surface area contributed by atoms with Crippen LogP contribution in [0.5, 0.6) is 11.5 Å². The van der Waals surface area contributed by atoms with Gasteiger partial charge in [-0.15, -0.1) is 0 Å². The Balaban J connectivity index is 1.43. The summed E-state index contributed by atoms with van der Waals surface area (Å²) >= 11 is 0. The number of hydrogen-bond acceptors (Lipinski definition) is 5. The number of hydrogen-bond donors (Lipinski definition) is 2. The van der Waals surface area contributed by atoms with E-state index in [9.17, 15) is 13.2 Å². The number of urea groups is 1. The number of methoxy groups -OCH3 is 2. The van der Waals surface area contributed by atoms with Gasteiger partial charge in [0.2, 0.25) is 0 Å². The first-order chi connectivity index (χ1) is 16.8. The molecule has 0 aliphatic carbocycles. The minimum atomic E-state index is -3.72. The molecule has 4 aromatic rings. The predicted molar refractivity (Wildman–Crippen MR) is 136 cm³/mol. The molecular weight excluding hydrogens is 466 g/mol. The second kappa shape index (κ2) is 10.1. The highest BCUT2D eigenvalue weighted by atomic mass is 32.2. The van der Waals surface area contributed by atoms with Gasteiger partial charge in [-0.05, 0) is 55.3 Å². The van der Waals surface area contributed by atoms with E-state index in [4.69, 9.17) is 9.47 Å². The van der Waals surface area contributed by atoms with Crippen LogP contribution in [0.15, 0.2) is 77.8 Å². The molecule has 0 fully saturated rings. The fraction of sp³-hybridized carbons (Fsp3) is 0.192. The largest absolute Gasteiger partial charge is 0.493 e. The zero-order chi connectivity index (χ0) is 25.0. The molecule has 9 heteroatoms. The van der Waals surface area contributed by atoms with E-state index >= 15 is 0 Å². The number of ether oxygens (including phenoxy) is 2. The number of fused-ring (bicyclic) bond motifs is 1. The fourth-order valence-electron chi connectivity index (χ4n) is 3.75. The molecule has 8 nitrogen and oxygen atoms in total. The number of carbonyl (C=O) groups is 1. The molecule has 2 N–H and O–H groups in total. The van der Waals surface area contributed by atoms with E-state index in [1.54, 1.807) is 61.8 Å². The number of nitrogens with one attached hydrogen (secondary N) is 2. The van der Waals surface area contributed by atoms with Crippen molar-refractivity contribution in [2.75, 3.05) is 26.1 Å². The number of rotatable bonds is 8. The number of anilines is 1. The molecule has 0 saturated carbocycles. The van der Waals surface area contributed by atoms with Crippen LogP contribution in [0.25, 0.3) is 10.9 Å². The first-order valence-corrected chi connectivity index (χ1v) is 12.4. The SMILES string of the molecule is COc1ccc(NC(=O)NCCc2ccc3ccn(S(=O)(=O)c4ccc(C)cc4)c3c2)cc1OC. The molecule has 1 heterocycles. The molecule has 3 aromatic carbocycles. The topological polar surface area (TPSA) is 98.7 Å². The molecule has 4 rings (SSSR count). The second-order valence-corrected chi connectivity index (χ2v) is 9.84. The smallest absolute Gasteiger partial charge is 0.319 e. The predicted octanol–water partition coefficient (Wildman–Crippen LogP) is 4.57. The van der Waals surface area contributed by atoms with Crippen LogP contribution in [0.2, 0.25) is 0 Å². The van der Waals surface area contributed by atoms with E-state index in [0.717, 1.165) is 16.5 Å². The van der Waals surface area contributed by atoms with Gasteiger partial charge in [0.25, 0.3) is 10.0 Å². The zero-order valence-electron chi connectivity index (χ0n) is 19.7. The number of benzene rings is 3. The van der Waals surface area contributed by atoms with Gasteiger partial charge in [0.1, 0.15) is 0 Å². The van der Waals surface area contributed by atoms with Gasteiger partial charge in [-0.2, -0.15) is 0 Å². The Bertz CT molecular complexity index is 1460. The third-order valence-electron chi connectivity index (χ3n) is 5.64. The Kier molecular flexibility index (Phi) is 6.97. The quantitative estimate of drug-likeness (QED) is 0.375. The van der Waals surface area contributed by atoms with Gasteiger partial charge in [-0.1, -0.05) is 29.8 Å². The van der Waals surface area contributed by atoms with E-state index in [2.05, 4.69) is 10.6 Å². The Morgan fingerprint density at radius 2 is 1.66 bits per heavy atom. The maximum Gasteiger partial charge on any atom is 0.319 e. The maximum atomic E-state index is 13.2. The zero-order valence-corrected chi connectivity index (χ0v) is 20.6. The van der Waals surface area contributed by atoms with Gasteiger partial charge >= 0.3 is 6.03 Å². The van der Waals surface area contributed by atoms with Crippen LogP contribution in [-0.2, 0) is 16.4 Å². The Hall–Kier alpha value is -3.98. The lowest BCUT2D eigenvalue weighted by atomic mass is 10.1. The summed E-state index contributed by atoms with van der Waals surface area (Å²) in [6.07, 6.45) is 2.10. The maximum absolute atomic E-state index is 13.2. The van der Waals surface area contributed by atoms with Crippen molar-refractivity contribution in [1.29, 1.82) is 0 Å². The van der Waals surface area contributed by atoms with Gasteiger partial charge in [-0.25, -0.2) is 17.2 Å². The van der Waals surface area contributed by atoms with Gasteiger partial charge < -0.3 is 20.1 Å². The number of amides is 2. The molecule has 0 aliphatic heterocycles. The first kappa shape index (κ1) is 24.2. The lowest BCUT2D eigenvalue weighted by molar-refractivity contribution is 0.252. The summed E-state index contributed by atoms with van der Waals surface area (Å²) in [7, 11) is -0.643. The highest BCUT2D eigenvalue weighted by molar-refractivity contribution is 7.90. The average molecular weight is 494 g/mol. The van der Waals surface area contributed by atoms with Crippen molar-refractivity contribution in [3.8, 4) is 11.5 Å². The van der Waals surface area contributed by atoms with Gasteiger partial charge in [-0.3, -0.25) is 0 Å². The lowest BCUT2D eigenvalue weighted by Gasteiger charge is -2.12. The van der Waals surface area contributed by atoms with Crippen LogP contribution >= 0.6 is 0 Å². The monoisotopic (exact) mass is 493 g/mol. The fourth-order valence-corrected chi connectivity index (χ4v) is 5.09. The second-order valence-electron chi connectivity index (χ2n) is 8.02.